The lowest BCUT2D eigenvalue weighted by Crippen LogP contribution is -2.03. The maximum Gasteiger partial charge on any atom is 0.315 e. The highest BCUT2D eigenvalue weighted by Gasteiger charge is 1.99. The summed E-state index contributed by atoms with van der Waals surface area (Å²) in [6.07, 6.45) is 5.14. The molecule has 0 rings (SSSR count). The largest absolute Gasteiger partial charge is 0.468 e. The Kier molecular flexibility index (Phi) is 9.26. The van der Waals surface area contributed by atoms with Crippen molar-refractivity contribution in [3.8, 4) is 0 Å². The molecule has 0 saturated carbocycles. The van der Waals surface area contributed by atoms with Gasteiger partial charge in [0, 0.05) is 0 Å². The number of ether oxygens (including phenoxy) is 1. The molecule has 84 valence electrons. The second-order valence-electron chi connectivity index (χ2n) is 3.87. The number of thioether (sulfide) groups is 1. The third kappa shape index (κ3) is 9.90. The van der Waals surface area contributed by atoms with Crippen LogP contribution in [0.3, 0.4) is 0 Å². The van der Waals surface area contributed by atoms with Gasteiger partial charge in [-0.15, -0.1) is 0 Å². The van der Waals surface area contributed by atoms with Crippen LogP contribution in [0.1, 0.15) is 39.5 Å². The molecule has 0 saturated heterocycles. The number of unbranched alkanes of at least 4 members (excludes halogenated alkanes) is 2. The number of methoxy groups -OCH3 is 1. The molecular weight excluding hydrogens is 196 g/mol. The summed E-state index contributed by atoms with van der Waals surface area (Å²) in [5.41, 5.74) is 0. The van der Waals surface area contributed by atoms with E-state index in [2.05, 4.69) is 18.6 Å². The molecule has 0 aromatic heterocycles. The molecule has 0 atom stereocenters. The minimum Gasteiger partial charge on any atom is -0.468 e. The molecule has 0 bridgehead atoms. The van der Waals surface area contributed by atoms with Crippen LogP contribution in [-0.4, -0.2) is 24.6 Å². The fourth-order valence-electron chi connectivity index (χ4n) is 1.15. The van der Waals surface area contributed by atoms with Gasteiger partial charge in [-0.2, -0.15) is 11.8 Å². The number of carbonyl (C=O) groups is 1. The Bertz CT molecular complexity index is 146. The molecule has 0 spiro atoms. The van der Waals surface area contributed by atoms with Crippen LogP contribution in [0.2, 0.25) is 0 Å². The van der Waals surface area contributed by atoms with Crippen molar-refractivity contribution in [3.05, 3.63) is 0 Å². The van der Waals surface area contributed by atoms with E-state index in [0.717, 1.165) is 11.7 Å². The van der Waals surface area contributed by atoms with Crippen molar-refractivity contribution in [3.63, 3.8) is 0 Å². The first-order chi connectivity index (χ1) is 6.66. The Morgan fingerprint density at radius 3 is 2.57 bits per heavy atom. The number of carbonyl (C=O) groups excluding carboxylic acids is 1. The van der Waals surface area contributed by atoms with E-state index in [1.807, 2.05) is 0 Å². The van der Waals surface area contributed by atoms with Gasteiger partial charge in [0.15, 0.2) is 0 Å². The molecule has 0 fully saturated rings. The predicted molar refractivity (Wildman–Crippen MR) is 62.6 cm³/mol. The van der Waals surface area contributed by atoms with E-state index in [0.29, 0.717) is 5.75 Å². The summed E-state index contributed by atoms with van der Waals surface area (Å²) < 4.78 is 4.55. The summed E-state index contributed by atoms with van der Waals surface area (Å²) in [4.78, 5) is 10.7. The smallest absolute Gasteiger partial charge is 0.315 e. The molecule has 3 heteroatoms. The summed E-state index contributed by atoms with van der Waals surface area (Å²) >= 11 is 1.67. The van der Waals surface area contributed by atoms with Crippen LogP contribution >= 0.6 is 11.8 Å². The molecule has 14 heavy (non-hydrogen) atoms. The Labute approximate surface area is 91.8 Å². The van der Waals surface area contributed by atoms with Gasteiger partial charge in [0.05, 0.1) is 12.9 Å². The topological polar surface area (TPSA) is 26.3 Å². The van der Waals surface area contributed by atoms with Crippen LogP contribution in [0.15, 0.2) is 0 Å². The van der Waals surface area contributed by atoms with Gasteiger partial charge in [0.2, 0.25) is 0 Å². The Morgan fingerprint density at radius 1 is 1.29 bits per heavy atom. The first-order valence-electron chi connectivity index (χ1n) is 5.31. The highest BCUT2D eigenvalue weighted by atomic mass is 32.2. The normalized spacial score (nSPS) is 10.6. The number of rotatable bonds is 8. The summed E-state index contributed by atoms with van der Waals surface area (Å²) in [6.45, 7) is 4.51. The molecule has 0 aliphatic heterocycles. The summed E-state index contributed by atoms with van der Waals surface area (Å²) in [5, 5.41) is 0. The molecule has 0 radical (unpaired) electrons. The van der Waals surface area contributed by atoms with Crippen LogP contribution in [0.5, 0.6) is 0 Å². The van der Waals surface area contributed by atoms with Crippen LogP contribution in [0.4, 0.5) is 0 Å². The van der Waals surface area contributed by atoms with Crippen LogP contribution in [0.25, 0.3) is 0 Å². The number of hydrogen-bond donors (Lipinski definition) is 0. The fraction of sp³-hybridized carbons (Fsp3) is 0.909. The van der Waals surface area contributed by atoms with Gasteiger partial charge in [-0.05, 0) is 18.1 Å². The fourth-order valence-corrected chi connectivity index (χ4v) is 1.99. The molecule has 0 aliphatic rings. The minimum atomic E-state index is -0.114. The molecule has 0 unspecified atom stereocenters. The van der Waals surface area contributed by atoms with E-state index in [1.54, 1.807) is 11.8 Å². The van der Waals surface area contributed by atoms with Gasteiger partial charge in [-0.25, -0.2) is 0 Å². The van der Waals surface area contributed by atoms with Crippen molar-refractivity contribution in [2.75, 3.05) is 18.6 Å². The Hall–Kier alpha value is -0.180. The zero-order chi connectivity index (χ0) is 10.8. The van der Waals surface area contributed by atoms with Crippen LogP contribution < -0.4 is 0 Å². The summed E-state index contributed by atoms with van der Waals surface area (Å²) in [7, 11) is 1.44. The predicted octanol–water partition coefficient (Wildman–Crippen LogP) is 3.11. The van der Waals surface area contributed by atoms with Crippen molar-refractivity contribution in [2.24, 2.45) is 5.92 Å². The van der Waals surface area contributed by atoms with Crippen molar-refractivity contribution in [1.82, 2.24) is 0 Å². The van der Waals surface area contributed by atoms with Crippen molar-refractivity contribution in [2.45, 2.75) is 39.5 Å². The zero-order valence-electron chi connectivity index (χ0n) is 9.54. The van der Waals surface area contributed by atoms with E-state index in [1.165, 1.54) is 32.8 Å². The molecule has 0 aliphatic carbocycles. The van der Waals surface area contributed by atoms with Gasteiger partial charge in [0.1, 0.15) is 0 Å². The Balaban J connectivity index is 3.03. The third-order valence-electron chi connectivity index (χ3n) is 2.02. The quantitative estimate of drug-likeness (QED) is 0.462. The second kappa shape index (κ2) is 9.38. The second-order valence-corrected chi connectivity index (χ2v) is 4.98. The molecule has 0 amide bonds. The lowest BCUT2D eigenvalue weighted by molar-refractivity contribution is -0.137. The highest BCUT2D eigenvalue weighted by molar-refractivity contribution is 7.99. The first kappa shape index (κ1) is 13.8. The van der Waals surface area contributed by atoms with Crippen molar-refractivity contribution < 1.29 is 9.53 Å². The number of esters is 1. The molecule has 0 N–H and O–H groups in total. The van der Waals surface area contributed by atoms with Crippen LogP contribution in [-0.2, 0) is 9.53 Å². The van der Waals surface area contributed by atoms with Gasteiger partial charge >= 0.3 is 5.97 Å². The molecule has 2 nitrogen and oxygen atoms in total. The van der Waals surface area contributed by atoms with Crippen molar-refractivity contribution >= 4 is 17.7 Å². The van der Waals surface area contributed by atoms with E-state index < -0.39 is 0 Å². The molecule has 0 aromatic rings. The van der Waals surface area contributed by atoms with E-state index in [9.17, 15) is 4.79 Å². The minimum absolute atomic E-state index is 0.114. The highest BCUT2D eigenvalue weighted by Crippen LogP contribution is 2.11. The monoisotopic (exact) mass is 218 g/mol. The number of hydrogen-bond acceptors (Lipinski definition) is 3. The SMILES string of the molecule is COC(=O)CSCCCCCC(C)C. The van der Waals surface area contributed by atoms with E-state index in [4.69, 9.17) is 0 Å². The van der Waals surface area contributed by atoms with Gasteiger partial charge in [-0.1, -0.05) is 33.1 Å². The van der Waals surface area contributed by atoms with Gasteiger partial charge in [-0.3, -0.25) is 4.79 Å². The average molecular weight is 218 g/mol. The lowest BCUT2D eigenvalue weighted by atomic mass is 10.1. The van der Waals surface area contributed by atoms with E-state index in [-0.39, 0.29) is 5.97 Å². The standard InChI is InChI=1S/C11H22O2S/c1-10(2)7-5-4-6-8-14-9-11(12)13-3/h10H,4-9H2,1-3H3. The van der Waals surface area contributed by atoms with E-state index >= 15 is 0 Å². The average Bonchev–Trinajstić information content (AvgIpc) is 2.15. The zero-order valence-corrected chi connectivity index (χ0v) is 10.4. The maximum atomic E-state index is 10.7. The maximum absolute atomic E-state index is 10.7. The summed E-state index contributed by atoms with van der Waals surface area (Å²) in [5.74, 6) is 2.28. The molecule has 0 heterocycles. The van der Waals surface area contributed by atoms with Gasteiger partial charge < -0.3 is 4.74 Å². The molecular formula is C11H22O2S. The molecule has 0 aromatic carbocycles. The first-order valence-corrected chi connectivity index (χ1v) is 6.47. The van der Waals surface area contributed by atoms with Crippen LogP contribution in [0, 0.1) is 5.92 Å². The Morgan fingerprint density at radius 2 is 2.00 bits per heavy atom. The third-order valence-corrected chi connectivity index (χ3v) is 3.03. The van der Waals surface area contributed by atoms with Gasteiger partial charge in [0.25, 0.3) is 0 Å². The summed E-state index contributed by atoms with van der Waals surface area (Å²) in [6, 6.07) is 0. The lowest BCUT2D eigenvalue weighted by Gasteiger charge is -2.03. The van der Waals surface area contributed by atoms with Crippen molar-refractivity contribution in [1.29, 1.82) is 0 Å².